The lowest BCUT2D eigenvalue weighted by Crippen LogP contribution is -2.24. The van der Waals surface area contributed by atoms with E-state index in [0.29, 0.717) is 0 Å². The van der Waals surface area contributed by atoms with E-state index >= 15 is 0 Å². The molecule has 0 aliphatic heterocycles. The maximum absolute atomic E-state index is 3.45. The Balaban J connectivity index is 3.31. The van der Waals surface area contributed by atoms with Crippen molar-refractivity contribution in [3.05, 3.63) is 0 Å². The molecule has 98 valence electrons. The lowest BCUT2D eigenvalue weighted by molar-refractivity contribution is 0.338. The van der Waals surface area contributed by atoms with Crippen molar-refractivity contribution in [3.63, 3.8) is 0 Å². The van der Waals surface area contributed by atoms with Crippen LogP contribution in [-0.4, -0.2) is 13.1 Å². The van der Waals surface area contributed by atoms with Crippen LogP contribution in [0.15, 0.2) is 0 Å². The molecule has 0 aliphatic rings. The van der Waals surface area contributed by atoms with Gasteiger partial charge in [-0.1, -0.05) is 72.6 Å². The molecule has 0 aromatic heterocycles. The molecule has 2 unspecified atom stereocenters. The molecule has 0 fully saturated rings. The molecule has 0 saturated heterocycles. The van der Waals surface area contributed by atoms with Gasteiger partial charge in [0.25, 0.3) is 0 Å². The Labute approximate surface area is 103 Å². The molecule has 0 aromatic carbocycles. The number of rotatable bonds is 11. The molecule has 1 heteroatoms. The minimum atomic E-state index is 0.829. The van der Waals surface area contributed by atoms with Crippen LogP contribution in [0.2, 0.25) is 0 Å². The molecule has 0 rings (SSSR count). The van der Waals surface area contributed by atoms with E-state index in [1.54, 1.807) is 0 Å². The first kappa shape index (κ1) is 16.0. The van der Waals surface area contributed by atoms with Crippen LogP contribution in [0.25, 0.3) is 0 Å². The second-order valence-corrected chi connectivity index (χ2v) is 5.32. The van der Waals surface area contributed by atoms with E-state index in [1.807, 2.05) is 0 Å². The highest BCUT2D eigenvalue weighted by atomic mass is 14.8. The van der Waals surface area contributed by atoms with Gasteiger partial charge < -0.3 is 5.32 Å². The van der Waals surface area contributed by atoms with Crippen molar-refractivity contribution in [3.8, 4) is 0 Å². The van der Waals surface area contributed by atoms with Gasteiger partial charge in [-0.3, -0.25) is 0 Å². The molecule has 16 heavy (non-hydrogen) atoms. The van der Waals surface area contributed by atoms with E-state index < -0.39 is 0 Å². The molecule has 1 nitrogen and oxygen atoms in total. The quantitative estimate of drug-likeness (QED) is 0.508. The summed E-state index contributed by atoms with van der Waals surface area (Å²) in [6, 6.07) is 0. The summed E-state index contributed by atoms with van der Waals surface area (Å²) in [6.07, 6.45) is 9.96. The molecule has 0 aliphatic carbocycles. The van der Waals surface area contributed by atoms with E-state index in [4.69, 9.17) is 0 Å². The summed E-state index contributed by atoms with van der Waals surface area (Å²) in [5, 5.41) is 3.45. The SMILES string of the molecule is CCCCCCCCC(C)C(C)CNCC. The summed E-state index contributed by atoms with van der Waals surface area (Å²) < 4.78 is 0. The monoisotopic (exact) mass is 227 g/mol. The van der Waals surface area contributed by atoms with Crippen LogP contribution in [-0.2, 0) is 0 Å². The topological polar surface area (TPSA) is 12.0 Å². The van der Waals surface area contributed by atoms with Gasteiger partial charge in [-0.2, -0.15) is 0 Å². The molecule has 0 radical (unpaired) electrons. The Hall–Kier alpha value is -0.0400. The molecule has 0 spiro atoms. The Kier molecular flexibility index (Phi) is 11.4. The van der Waals surface area contributed by atoms with Gasteiger partial charge in [-0.15, -0.1) is 0 Å². The number of hydrogen-bond donors (Lipinski definition) is 1. The molecule has 0 saturated carbocycles. The molecule has 0 aromatic rings. The van der Waals surface area contributed by atoms with E-state index in [2.05, 4.69) is 33.0 Å². The van der Waals surface area contributed by atoms with Gasteiger partial charge in [0.05, 0.1) is 0 Å². The summed E-state index contributed by atoms with van der Waals surface area (Å²) in [6.45, 7) is 11.6. The van der Waals surface area contributed by atoms with E-state index in [1.165, 1.54) is 51.5 Å². The largest absolute Gasteiger partial charge is 0.317 e. The predicted octanol–water partition coefficient (Wildman–Crippen LogP) is 4.62. The fourth-order valence-electron chi connectivity index (χ4n) is 2.10. The zero-order chi connectivity index (χ0) is 12.2. The highest BCUT2D eigenvalue weighted by Gasteiger charge is 2.10. The molecule has 0 heterocycles. The van der Waals surface area contributed by atoms with E-state index in [-0.39, 0.29) is 0 Å². The highest BCUT2D eigenvalue weighted by molar-refractivity contribution is 4.64. The Bertz CT molecular complexity index is 133. The average Bonchev–Trinajstić information content (AvgIpc) is 2.30. The maximum Gasteiger partial charge on any atom is -0.00207 e. The summed E-state index contributed by atoms with van der Waals surface area (Å²) >= 11 is 0. The van der Waals surface area contributed by atoms with Gasteiger partial charge in [0.15, 0.2) is 0 Å². The highest BCUT2D eigenvalue weighted by Crippen LogP contribution is 2.18. The third kappa shape index (κ3) is 9.21. The maximum atomic E-state index is 3.45. The predicted molar refractivity (Wildman–Crippen MR) is 74.9 cm³/mol. The van der Waals surface area contributed by atoms with Crippen LogP contribution < -0.4 is 5.32 Å². The van der Waals surface area contributed by atoms with Crippen molar-refractivity contribution in [2.45, 2.75) is 72.6 Å². The summed E-state index contributed by atoms with van der Waals surface area (Å²) in [5.41, 5.74) is 0. The van der Waals surface area contributed by atoms with Crippen LogP contribution in [0.1, 0.15) is 72.6 Å². The standard InChI is InChI=1S/C15H33N/c1-5-7-8-9-10-11-12-14(3)15(4)13-16-6-2/h14-16H,5-13H2,1-4H3. The van der Waals surface area contributed by atoms with Gasteiger partial charge in [-0.25, -0.2) is 0 Å². The summed E-state index contributed by atoms with van der Waals surface area (Å²) in [5.74, 6) is 1.71. The minimum absolute atomic E-state index is 0.829. The van der Waals surface area contributed by atoms with Gasteiger partial charge in [0.1, 0.15) is 0 Å². The zero-order valence-electron chi connectivity index (χ0n) is 12.0. The number of nitrogens with one attached hydrogen (secondary N) is 1. The van der Waals surface area contributed by atoms with Crippen molar-refractivity contribution < 1.29 is 0 Å². The van der Waals surface area contributed by atoms with E-state index in [0.717, 1.165) is 18.4 Å². The Morgan fingerprint density at radius 2 is 1.44 bits per heavy atom. The first-order valence-corrected chi connectivity index (χ1v) is 7.43. The fourth-order valence-corrected chi connectivity index (χ4v) is 2.10. The Morgan fingerprint density at radius 3 is 2.06 bits per heavy atom. The molecule has 0 bridgehead atoms. The average molecular weight is 227 g/mol. The summed E-state index contributed by atoms with van der Waals surface area (Å²) in [7, 11) is 0. The lowest BCUT2D eigenvalue weighted by atomic mass is 9.90. The van der Waals surface area contributed by atoms with Crippen LogP contribution in [0, 0.1) is 11.8 Å². The normalized spacial score (nSPS) is 15.0. The molecule has 2 atom stereocenters. The van der Waals surface area contributed by atoms with Gasteiger partial charge in [0, 0.05) is 0 Å². The first-order valence-electron chi connectivity index (χ1n) is 7.43. The van der Waals surface area contributed by atoms with E-state index in [9.17, 15) is 0 Å². The first-order chi connectivity index (χ1) is 7.72. The van der Waals surface area contributed by atoms with Crippen molar-refractivity contribution >= 4 is 0 Å². The van der Waals surface area contributed by atoms with Gasteiger partial charge >= 0.3 is 0 Å². The van der Waals surface area contributed by atoms with Crippen molar-refractivity contribution in [1.82, 2.24) is 5.32 Å². The third-order valence-corrected chi connectivity index (χ3v) is 3.70. The third-order valence-electron chi connectivity index (χ3n) is 3.70. The minimum Gasteiger partial charge on any atom is -0.317 e. The summed E-state index contributed by atoms with van der Waals surface area (Å²) in [4.78, 5) is 0. The van der Waals surface area contributed by atoms with Crippen LogP contribution in [0.3, 0.4) is 0 Å². The van der Waals surface area contributed by atoms with Gasteiger partial charge in [-0.05, 0) is 24.9 Å². The second kappa shape index (κ2) is 11.4. The smallest absolute Gasteiger partial charge is 0.00207 e. The second-order valence-electron chi connectivity index (χ2n) is 5.32. The van der Waals surface area contributed by atoms with Crippen molar-refractivity contribution in [1.29, 1.82) is 0 Å². The number of hydrogen-bond acceptors (Lipinski definition) is 1. The fraction of sp³-hybridized carbons (Fsp3) is 1.00. The molecule has 1 N–H and O–H groups in total. The van der Waals surface area contributed by atoms with Crippen LogP contribution in [0.5, 0.6) is 0 Å². The zero-order valence-corrected chi connectivity index (χ0v) is 12.0. The van der Waals surface area contributed by atoms with Crippen molar-refractivity contribution in [2.75, 3.05) is 13.1 Å². The van der Waals surface area contributed by atoms with Crippen LogP contribution in [0.4, 0.5) is 0 Å². The van der Waals surface area contributed by atoms with Crippen LogP contribution >= 0.6 is 0 Å². The lowest BCUT2D eigenvalue weighted by Gasteiger charge is -2.20. The number of unbranched alkanes of at least 4 members (excludes halogenated alkanes) is 5. The van der Waals surface area contributed by atoms with Crippen molar-refractivity contribution in [2.24, 2.45) is 11.8 Å². The van der Waals surface area contributed by atoms with Gasteiger partial charge in [0.2, 0.25) is 0 Å². The molecule has 0 amide bonds. The molecular weight excluding hydrogens is 194 g/mol. The Morgan fingerprint density at radius 1 is 0.812 bits per heavy atom. The molecular formula is C15H33N.